The maximum atomic E-state index is 5.45. The Morgan fingerprint density at radius 2 is 1.85 bits per heavy atom. The molecule has 1 nitrogen and oxygen atoms in total. The Morgan fingerprint density at radius 1 is 1.23 bits per heavy atom. The fourth-order valence-electron chi connectivity index (χ4n) is 1.08. The highest BCUT2D eigenvalue weighted by atomic mass is 32.2. The molecule has 1 aromatic rings. The molecule has 0 atom stereocenters. The van der Waals surface area contributed by atoms with Crippen LogP contribution in [0.15, 0.2) is 24.3 Å². The van der Waals surface area contributed by atoms with Gasteiger partial charge in [-0.2, -0.15) is 0 Å². The fraction of sp³-hybridized carbons (Fsp3) is 0.455. The summed E-state index contributed by atoms with van der Waals surface area (Å²) in [4.78, 5) is 0. The molecule has 0 bridgehead atoms. The standard InChI is InChI=1S/C11H16OS/c1-9(2)10-4-6-11(7-5-10)12-8-13-3/h4-7,9H,8H2,1-3H3. The molecule has 1 aromatic carbocycles. The quantitative estimate of drug-likeness (QED) is 0.681. The van der Waals surface area contributed by atoms with Crippen LogP contribution in [0.5, 0.6) is 5.75 Å². The molecular weight excluding hydrogens is 180 g/mol. The van der Waals surface area contributed by atoms with Gasteiger partial charge in [-0.3, -0.25) is 0 Å². The summed E-state index contributed by atoms with van der Waals surface area (Å²) in [5.74, 6) is 2.27. The molecule has 0 spiro atoms. The van der Waals surface area contributed by atoms with Crippen molar-refractivity contribution in [2.24, 2.45) is 0 Å². The Hall–Kier alpha value is -0.630. The van der Waals surface area contributed by atoms with E-state index in [1.165, 1.54) is 5.56 Å². The predicted molar refractivity (Wildman–Crippen MR) is 59.5 cm³/mol. The van der Waals surface area contributed by atoms with Gasteiger partial charge in [0, 0.05) is 0 Å². The minimum absolute atomic E-state index is 0.592. The summed E-state index contributed by atoms with van der Waals surface area (Å²) in [6.07, 6.45) is 2.03. The average Bonchev–Trinajstić information content (AvgIpc) is 2.15. The lowest BCUT2D eigenvalue weighted by atomic mass is 10.0. The van der Waals surface area contributed by atoms with Gasteiger partial charge in [-0.15, -0.1) is 11.8 Å². The zero-order valence-electron chi connectivity index (χ0n) is 8.41. The van der Waals surface area contributed by atoms with Crippen LogP contribution in [0.2, 0.25) is 0 Å². The summed E-state index contributed by atoms with van der Waals surface area (Å²) >= 11 is 1.68. The van der Waals surface area contributed by atoms with Crippen LogP contribution in [0, 0.1) is 0 Å². The first-order chi connectivity index (χ1) is 6.24. The van der Waals surface area contributed by atoms with Crippen molar-refractivity contribution in [3.8, 4) is 5.75 Å². The fourth-order valence-corrected chi connectivity index (χ4v) is 1.33. The molecule has 0 N–H and O–H groups in total. The first-order valence-electron chi connectivity index (χ1n) is 4.45. The molecule has 0 aromatic heterocycles. The molecule has 0 fully saturated rings. The van der Waals surface area contributed by atoms with E-state index in [2.05, 4.69) is 26.0 Å². The van der Waals surface area contributed by atoms with Gasteiger partial charge in [0.15, 0.2) is 0 Å². The van der Waals surface area contributed by atoms with E-state index in [9.17, 15) is 0 Å². The number of hydrogen-bond donors (Lipinski definition) is 0. The first kappa shape index (κ1) is 10.5. The molecule has 0 amide bonds. The lowest BCUT2D eigenvalue weighted by Crippen LogP contribution is -1.92. The van der Waals surface area contributed by atoms with Crippen LogP contribution in [0.25, 0.3) is 0 Å². The lowest BCUT2D eigenvalue weighted by molar-refractivity contribution is 0.393. The van der Waals surface area contributed by atoms with Gasteiger partial charge < -0.3 is 4.74 Å². The molecule has 0 aliphatic rings. The molecule has 2 heteroatoms. The van der Waals surface area contributed by atoms with E-state index in [1.54, 1.807) is 11.8 Å². The second-order valence-corrected chi connectivity index (χ2v) is 4.09. The van der Waals surface area contributed by atoms with Crippen molar-refractivity contribution < 1.29 is 4.74 Å². The van der Waals surface area contributed by atoms with Crippen LogP contribution in [-0.4, -0.2) is 12.2 Å². The summed E-state index contributed by atoms with van der Waals surface area (Å²) in [5.41, 5.74) is 1.36. The van der Waals surface area contributed by atoms with Gasteiger partial charge in [0.1, 0.15) is 11.7 Å². The number of thioether (sulfide) groups is 1. The lowest BCUT2D eigenvalue weighted by Gasteiger charge is -2.07. The number of ether oxygens (including phenoxy) is 1. The zero-order chi connectivity index (χ0) is 9.68. The van der Waals surface area contributed by atoms with Crippen LogP contribution in [0.1, 0.15) is 25.3 Å². The maximum absolute atomic E-state index is 5.45. The van der Waals surface area contributed by atoms with Gasteiger partial charge in [-0.1, -0.05) is 26.0 Å². The second kappa shape index (κ2) is 5.18. The van der Waals surface area contributed by atoms with Gasteiger partial charge in [0.25, 0.3) is 0 Å². The van der Waals surface area contributed by atoms with Gasteiger partial charge in [-0.25, -0.2) is 0 Å². The molecule has 0 aliphatic heterocycles. The maximum Gasteiger partial charge on any atom is 0.133 e. The highest BCUT2D eigenvalue weighted by Crippen LogP contribution is 2.18. The number of hydrogen-bond acceptors (Lipinski definition) is 2. The SMILES string of the molecule is CSCOc1ccc(C(C)C)cc1. The molecule has 13 heavy (non-hydrogen) atoms. The van der Waals surface area contributed by atoms with Crippen LogP contribution in [0.4, 0.5) is 0 Å². The largest absolute Gasteiger partial charge is 0.483 e. The van der Waals surface area contributed by atoms with E-state index in [0.29, 0.717) is 5.92 Å². The Bertz CT molecular complexity index is 241. The third kappa shape index (κ3) is 3.31. The van der Waals surface area contributed by atoms with E-state index in [1.807, 2.05) is 18.4 Å². The Balaban J connectivity index is 2.59. The van der Waals surface area contributed by atoms with Crippen LogP contribution in [-0.2, 0) is 0 Å². The summed E-state index contributed by atoms with van der Waals surface area (Å²) in [6.45, 7) is 4.38. The summed E-state index contributed by atoms with van der Waals surface area (Å²) < 4.78 is 5.45. The van der Waals surface area contributed by atoms with Gasteiger partial charge in [-0.05, 0) is 29.9 Å². The second-order valence-electron chi connectivity index (χ2n) is 3.27. The third-order valence-electron chi connectivity index (χ3n) is 1.89. The van der Waals surface area contributed by atoms with E-state index < -0.39 is 0 Å². The van der Waals surface area contributed by atoms with Crippen molar-refractivity contribution in [2.75, 3.05) is 12.2 Å². The van der Waals surface area contributed by atoms with Crippen LogP contribution < -0.4 is 4.74 Å². The first-order valence-corrected chi connectivity index (χ1v) is 5.85. The van der Waals surface area contributed by atoms with Crippen molar-refractivity contribution in [3.63, 3.8) is 0 Å². The molecule has 0 radical (unpaired) electrons. The van der Waals surface area contributed by atoms with Crippen molar-refractivity contribution in [3.05, 3.63) is 29.8 Å². The Labute approximate surface area is 84.5 Å². The highest BCUT2D eigenvalue weighted by Gasteiger charge is 1.98. The van der Waals surface area contributed by atoms with Crippen molar-refractivity contribution in [2.45, 2.75) is 19.8 Å². The summed E-state index contributed by atoms with van der Waals surface area (Å²) in [6, 6.07) is 8.32. The van der Waals surface area contributed by atoms with Gasteiger partial charge >= 0.3 is 0 Å². The molecule has 0 aliphatic carbocycles. The number of rotatable bonds is 4. The minimum atomic E-state index is 0.592. The smallest absolute Gasteiger partial charge is 0.133 e. The van der Waals surface area contributed by atoms with Crippen molar-refractivity contribution in [1.82, 2.24) is 0 Å². The molecular formula is C11H16OS. The normalized spacial score (nSPS) is 10.5. The monoisotopic (exact) mass is 196 g/mol. The minimum Gasteiger partial charge on any atom is -0.483 e. The summed E-state index contributed by atoms with van der Waals surface area (Å²) in [7, 11) is 0. The predicted octanol–water partition coefficient (Wildman–Crippen LogP) is 3.51. The van der Waals surface area contributed by atoms with Crippen molar-refractivity contribution in [1.29, 1.82) is 0 Å². The molecule has 72 valence electrons. The Morgan fingerprint density at radius 3 is 2.31 bits per heavy atom. The molecule has 0 saturated heterocycles. The average molecular weight is 196 g/mol. The van der Waals surface area contributed by atoms with E-state index in [-0.39, 0.29) is 0 Å². The van der Waals surface area contributed by atoms with E-state index >= 15 is 0 Å². The molecule has 1 rings (SSSR count). The van der Waals surface area contributed by atoms with E-state index in [0.717, 1.165) is 11.7 Å². The topological polar surface area (TPSA) is 9.23 Å². The third-order valence-corrected chi connectivity index (χ3v) is 2.24. The zero-order valence-corrected chi connectivity index (χ0v) is 9.23. The van der Waals surface area contributed by atoms with Crippen molar-refractivity contribution >= 4 is 11.8 Å². The highest BCUT2D eigenvalue weighted by molar-refractivity contribution is 7.98. The molecule has 0 heterocycles. The number of benzene rings is 1. The van der Waals surface area contributed by atoms with Crippen LogP contribution >= 0.6 is 11.8 Å². The summed E-state index contributed by atoms with van der Waals surface area (Å²) in [5, 5.41) is 0. The molecule has 0 saturated carbocycles. The van der Waals surface area contributed by atoms with Gasteiger partial charge in [0.2, 0.25) is 0 Å². The van der Waals surface area contributed by atoms with Crippen LogP contribution in [0.3, 0.4) is 0 Å². The molecule has 0 unspecified atom stereocenters. The van der Waals surface area contributed by atoms with E-state index in [4.69, 9.17) is 4.74 Å². The van der Waals surface area contributed by atoms with Gasteiger partial charge in [0.05, 0.1) is 0 Å². The Kier molecular flexibility index (Phi) is 4.16.